The van der Waals surface area contributed by atoms with E-state index in [1.807, 2.05) is 24.3 Å². The molecule has 0 bridgehead atoms. The van der Waals surface area contributed by atoms with Gasteiger partial charge in [0, 0.05) is 5.69 Å². The van der Waals surface area contributed by atoms with E-state index < -0.39 is 0 Å². The number of methoxy groups -OCH3 is 1. The standard InChI is InChI=1S/C16H18FN3O/c1-11-9-12(3-8-15(11)17)10-19-16(18)20-13-4-6-14(21-2)7-5-13/h3-9H,10H2,1-2H3,(H3,18,19,20). The van der Waals surface area contributed by atoms with Gasteiger partial charge in [0.05, 0.1) is 13.7 Å². The van der Waals surface area contributed by atoms with Crippen LogP contribution in [0.2, 0.25) is 0 Å². The van der Waals surface area contributed by atoms with Crippen molar-refractivity contribution in [2.75, 3.05) is 12.4 Å². The molecule has 0 radical (unpaired) electrons. The Balaban J connectivity index is 1.98. The van der Waals surface area contributed by atoms with Crippen molar-refractivity contribution in [1.82, 2.24) is 0 Å². The minimum atomic E-state index is -0.216. The number of benzene rings is 2. The van der Waals surface area contributed by atoms with Crippen LogP contribution in [0.1, 0.15) is 11.1 Å². The molecule has 2 aromatic carbocycles. The van der Waals surface area contributed by atoms with E-state index in [-0.39, 0.29) is 5.82 Å². The summed E-state index contributed by atoms with van der Waals surface area (Å²) in [4.78, 5) is 4.23. The average molecular weight is 287 g/mol. The minimum Gasteiger partial charge on any atom is -0.497 e. The summed E-state index contributed by atoms with van der Waals surface area (Å²) in [7, 11) is 1.61. The number of rotatable bonds is 4. The van der Waals surface area contributed by atoms with E-state index >= 15 is 0 Å². The smallest absolute Gasteiger partial charge is 0.193 e. The van der Waals surface area contributed by atoms with E-state index in [1.165, 1.54) is 6.07 Å². The van der Waals surface area contributed by atoms with Crippen molar-refractivity contribution in [1.29, 1.82) is 0 Å². The Hall–Kier alpha value is -2.56. The molecule has 0 aliphatic rings. The molecule has 0 aliphatic heterocycles. The van der Waals surface area contributed by atoms with Gasteiger partial charge in [-0.1, -0.05) is 12.1 Å². The fourth-order valence-corrected chi connectivity index (χ4v) is 1.84. The number of halogens is 1. The number of aliphatic imine (C=N–C) groups is 1. The second-order valence-corrected chi connectivity index (χ2v) is 4.64. The molecule has 3 N–H and O–H groups in total. The van der Waals surface area contributed by atoms with E-state index in [0.29, 0.717) is 18.1 Å². The number of guanidine groups is 1. The van der Waals surface area contributed by atoms with Gasteiger partial charge in [-0.2, -0.15) is 0 Å². The first-order valence-electron chi connectivity index (χ1n) is 6.54. The third-order valence-corrected chi connectivity index (χ3v) is 3.02. The molecule has 2 aromatic rings. The highest BCUT2D eigenvalue weighted by Crippen LogP contribution is 2.15. The summed E-state index contributed by atoms with van der Waals surface area (Å²) < 4.78 is 18.2. The zero-order valence-electron chi connectivity index (χ0n) is 12.1. The van der Waals surface area contributed by atoms with Crippen LogP contribution in [0.5, 0.6) is 5.75 Å². The quantitative estimate of drug-likeness (QED) is 0.671. The third-order valence-electron chi connectivity index (χ3n) is 3.02. The van der Waals surface area contributed by atoms with Crippen molar-refractivity contribution in [3.63, 3.8) is 0 Å². The van der Waals surface area contributed by atoms with Crippen LogP contribution in [0, 0.1) is 12.7 Å². The Kier molecular flexibility index (Phi) is 4.77. The molecule has 0 unspecified atom stereocenters. The molecule has 0 saturated carbocycles. The van der Waals surface area contributed by atoms with E-state index in [0.717, 1.165) is 17.0 Å². The highest BCUT2D eigenvalue weighted by atomic mass is 19.1. The SMILES string of the molecule is COc1ccc(NC(N)=NCc2ccc(F)c(C)c2)cc1. The Labute approximate surface area is 123 Å². The van der Waals surface area contributed by atoms with E-state index in [1.54, 1.807) is 26.2 Å². The molecular weight excluding hydrogens is 269 g/mol. The van der Waals surface area contributed by atoms with Crippen molar-refractivity contribution in [3.8, 4) is 5.75 Å². The summed E-state index contributed by atoms with van der Waals surface area (Å²) in [5.74, 6) is 0.868. The predicted molar refractivity (Wildman–Crippen MR) is 83.1 cm³/mol. The van der Waals surface area contributed by atoms with Crippen LogP contribution in [0.3, 0.4) is 0 Å². The van der Waals surface area contributed by atoms with Gasteiger partial charge in [0.1, 0.15) is 11.6 Å². The lowest BCUT2D eigenvalue weighted by Gasteiger charge is -2.07. The third kappa shape index (κ3) is 4.21. The number of ether oxygens (including phenoxy) is 1. The van der Waals surface area contributed by atoms with Crippen LogP contribution in [-0.4, -0.2) is 13.1 Å². The Morgan fingerprint density at radius 2 is 1.95 bits per heavy atom. The average Bonchev–Trinajstić information content (AvgIpc) is 2.49. The van der Waals surface area contributed by atoms with Gasteiger partial charge in [-0.05, 0) is 48.4 Å². The lowest BCUT2D eigenvalue weighted by molar-refractivity contribution is 0.415. The first-order chi connectivity index (χ1) is 10.1. The first kappa shape index (κ1) is 14.8. The maximum atomic E-state index is 13.2. The Bertz CT molecular complexity index is 638. The lowest BCUT2D eigenvalue weighted by Crippen LogP contribution is -2.22. The molecule has 21 heavy (non-hydrogen) atoms. The van der Waals surface area contributed by atoms with Gasteiger partial charge in [-0.15, -0.1) is 0 Å². The van der Waals surface area contributed by atoms with E-state index in [2.05, 4.69) is 10.3 Å². The van der Waals surface area contributed by atoms with Crippen molar-refractivity contribution < 1.29 is 9.13 Å². The summed E-state index contributed by atoms with van der Waals surface area (Å²) in [6, 6.07) is 12.3. The normalized spacial score (nSPS) is 11.3. The summed E-state index contributed by atoms with van der Waals surface area (Å²) in [5.41, 5.74) is 8.16. The molecule has 0 fully saturated rings. The molecule has 110 valence electrons. The van der Waals surface area contributed by atoms with Gasteiger partial charge in [0.15, 0.2) is 5.96 Å². The first-order valence-corrected chi connectivity index (χ1v) is 6.54. The predicted octanol–water partition coefficient (Wildman–Crippen LogP) is 3.07. The van der Waals surface area contributed by atoms with Crippen molar-refractivity contribution in [2.45, 2.75) is 13.5 Å². The zero-order chi connectivity index (χ0) is 15.2. The number of hydrogen-bond acceptors (Lipinski definition) is 2. The topological polar surface area (TPSA) is 59.6 Å². The van der Waals surface area contributed by atoms with Crippen LogP contribution in [0.15, 0.2) is 47.5 Å². The summed E-state index contributed by atoms with van der Waals surface area (Å²) >= 11 is 0. The number of nitrogens with zero attached hydrogens (tertiary/aromatic N) is 1. The van der Waals surface area contributed by atoms with Gasteiger partial charge >= 0.3 is 0 Å². The molecule has 0 saturated heterocycles. The molecule has 0 atom stereocenters. The lowest BCUT2D eigenvalue weighted by atomic mass is 10.1. The highest BCUT2D eigenvalue weighted by Gasteiger charge is 2.00. The second-order valence-electron chi connectivity index (χ2n) is 4.64. The van der Waals surface area contributed by atoms with Crippen LogP contribution >= 0.6 is 0 Å². The second kappa shape index (κ2) is 6.74. The number of nitrogens with two attached hydrogens (primary N) is 1. The Morgan fingerprint density at radius 1 is 1.24 bits per heavy atom. The summed E-state index contributed by atoms with van der Waals surface area (Å²) in [6.45, 7) is 2.12. The molecule has 5 heteroatoms. The van der Waals surface area contributed by atoms with Crippen LogP contribution in [0.25, 0.3) is 0 Å². The molecule has 0 spiro atoms. The van der Waals surface area contributed by atoms with Crippen LogP contribution in [-0.2, 0) is 6.54 Å². The summed E-state index contributed by atoms with van der Waals surface area (Å²) in [6.07, 6.45) is 0. The van der Waals surface area contributed by atoms with Crippen molar-refractivity contribution in [3.05, 3.63) is 59.4 Å². The molecule has 0 heterocycles. The minimum absolute atomic E-state index is 0.216. The largest absolute Gasteiger partial charge is 0.497 e. The van der Waals surface area contributed by atoms with Gasteiger partial charge in [-0.3, -0.25) is 0 Å². The van der Waals surface area contributed by atoms with Crippen LogP contribution < -0.4 is 15.8 Å². The number of aryl methyl sites for hydroxylation is 1. The van der Waals surface area contributed by atoms with Gasteiger partial charge in [-0.25, -0.2) is 9.38 Å². The van der Waals surface area contributed by atoms with Gasteiger partial charge < -0.3 is 15.8 Å². The maximum absolute atomic E-state index is 13.2. The van der Waals surface area contributed by atoms with Crippen LogP contribution in [0.4, 0.5) is 10.1 Å². The summed E-state index contributed by atoms with van der Waals surface area (Å²) in [5, 5.41) is 2.99. The van der Waals surface area contributed by atoms with Crippen molar-refractivity contribution >= 4 is 11.6 Å². The molecule has 2 rings (SSSR count). The highest BCUT2D eigenvalue weighted by molar-refractivity contribution is 5.92. The fourth-order valence-electron chi connectivity index (χ4n) is 1.84. The Morgan fingerprint density at radius 3 is 2.57 bits per heavy atom. The zero-order valence-corrected chi connectivity index (χ0v) is 12.1. The molecule has 0 amide bonds. The fraction of sp³-hybridized carbons (Fsp3) is 0.188. The molecule has 0 aromatic heterocycles. The van der Waals surface area contributed by atoms with E-state index in [9.17, 15) is 4.39 Å². The molecular formula is C16H18FN3O. The maximum Gasteiger partial charge on any atom is 0.193 e. The van der Waals surface area contributed by atoms with Gasteiger partial charge in [0.2, 0.25) is 0 Å². The van der Waals surface area contributed by atoms with Gasteiger partial charge in [0.25, 0.3) is 0 Å². The number of nitrogens with one attached hydrogen (secondary N) is 1. The molecule has 0 aliphatic carbocycles. The number of hydrogen-bond donors (Lipinski definition) is 2. The monoisotopic (exact) mass is 287 g/mol. The van der Waals surface area contributed by atoms with E-state index in [4.69, 9.17) is 10.5 Å². The molecule has 4 nitrogen and oxygen atoms in total. The van der Waals surface area contributed by atoms with Crippen molar-refractivity contribution in [2.24, 2.45) is 10.7 Å². The number of anilines is 1.